The largest absolute Gasteiger partial charge is 0.493 e. The van der Waals surface area contributed by atoms with Crippen LogP contribution in [0.15, 0.2) is 42.5 Å². The van der Waals surface area contributed by atoms with Crippen LogP contribution in [-0.2, 0) is 13.0 Å². The third kappa shape index (κ3) is 3.99. The Kier molecular flexibility index (Phi) is 5.38. The van der Waals surface area contributed by atoms with E-state index in [0.717, 1.165) is 23.1 Å². The third-order valence-corrected chi connectivity index (χ3v) is 3.38. The summed E-state index contributed by atoms with van der Waals surface area (Å²) in [4.78, 5) is 0. The lowest BCUT2D eigenvalue weighted by molar-refractivity contribution is 0.297. The Labute approximate surface area is 130 Å². The van der Waals surface area contributed by atoms with E-state index in [1.807, 2.05) is 42.5 Å². The van der Waals surface area contributed by atoms with Crippen LogP contribution in [0.3, 0.4) is 0 Å². The molecule has 2 aromatic rings. The fourth-order valence-electron chi connectivity index (χ4n) is 2.09. The van der Waals surface area contributed by atoms with Crippen LogP contribution in [0.25, 0.3) is 0 Å². The number of nitrogens with two attached hydrogens (primary N) is 2. The van der Waals surface area contributed by atoms with Crippen molar-refractivity contribution in [3.63, 3.8) is 0 Å². The number of benzene rings is 2. The smallest absolute Gasteiger partial charge is 0.161 e. The molecule has 2 rings (SSSR count). The van der Waals surface area contributed by atoms with Gasteiger partial charge >= 0.3 is 0 Å². The summed E-state index contributed by atoms with van der Waals surface area (Å²) in [5.74, 6) is 1.47. The highest BCUT2D eigenvalue weighted by atomic mass is 16.5. The van der Waals surface area contributed by atoms with Gasteiger partial charge in [0.1, 0.15) is 5.84 Å². The maximum absolute atomic E-state index is 7.36. The average Bonchev–Trinajstić information content (AvgIpc) is 2.55. The molecule has 0 aliphatic rings. The highest BCUT2D eigenvalue weighted by Gasteiger charge is 2.05. The number of ether oxygens (including phenoxy) is 2. The minimum Gasteiger partial charge on any atom is -0.493 e. The van der Waals surface area contributed by atoms with Gasteiger partial charge in [0.15, 0.2) is 11.5 Å². The molecule has 0 radical (unpaired) electrons. The molecular weight excluding hydrogens is 278 g/mol. The Hall–Kier alpha value is -2.53. The van der Waals surface area contributed by atoms with Crippen molar-refractivity contribution in [1.29, 1.82) is 5.41 Å². The zero-order valence-corrected chi connectivity index (χ0v) is 12.6. The second-order valence-corrected chi connectivity index (χ2v) is 4.90. The van der Waals surface area contributed by atoms with E-state index in [2.05, 4.69) is 0 Å². The van der Waals surface area contributed by atoms with E-state index in [1.165, 1.54) is 0 Å². The zero-order valence-electron chi connectivity index (χ0n) is 12.6. The van der Waals surface area contributed by atoms with Gasteiger partial charge < -0.3 is 20.9 Å². The van der Waals surface area contributed by atoms with E-state index in [0.29, 0.717) is 24.7 Å². The second kappa shape index (κ2) is 7.47. The summed E-state index contributed by atoms with van der Waals surface area (Å²) in [5.41, 5.74) is 13.9. The molecule has 2 aromatic carbocycles. The van der Waals surface area contributed by atoms with Gasteiger partial charge in [-0.25, -0.2) is 0 Å². The van der Waals surface area contributed by atoms with Crippen molar-refractivity contribution in [2.24, 2.45) is 11.5 Å². The van der Waals surface area contributed by atoms with Gasteiger partial charge in [-0.2, -0.15) is 0 Å². The Balaban J connectivity index is 1.94. The maximum atomic E-state index is 7.36. The molecule has 0 spiro atoms. The molecule has 0 fully saturated rings. The van der Waals surface area contributed by atoms with Gasteiger partial charge in [-0.3, -0.25) is 5.41 Å². The normalized spacial score (nSPS) is 10.3. The monoisotopic (exact) mass is 299 g/mol. The molecule has 0 saturated heterocycles. The molecule has 5 nitrogen and oxygen atoms in total. The number of hydrogen-bond acceptors (Lipinski definition) is 4. The molecule has 116 valence electrons. The topological polar surface area (TPSA) is 94.4 Å². The lowest BCUT2D eigenvalue weighted by Gasteiger charge is -2.12. The van der Waals surface area contributed by atoms with Crippen molar-refractivity contribution < 1.29 is 9.47 Å². The molecule has 0 atom stereocenters. The number of nitrogen functional groups attached to an aromatic ring is 1. The van der Waals surface area contributed by atoms with Gasteiger partial charge in [0, 0.05) is 18.5 Å². The van der Waals surface area contributed by atoms with E-state index in [1.54, 1.807) is 7.11 Å². The van der Waals surface area contributed by atoms with Crippen molar-refractivity contribution in [2.45, 2.75) is 13.0 Å². The molecule has 0 aromatic heterocycles. The molecule has 5 heteroatoms. The standard InChI is InChI=1S/C17H21N3O2/c1-21-16-10-13(11-18)4-7-15(16)22-9-8-12-2-5-14(6-3-12)17(19)20/h2-7,10H,8-9,11,18H2,1H3,(H3,19,20). The van der Waals surface area contributed by atoms with Crippen LogP contribution in [0.5, 0.6) is 11.5 Å². The first kappa shape index (κ1) is 15.9. The van der Waals surface area contributed by atoms with Gasteiger partial charge in [-0.1, -0.05) is 30.3 Å². The fraction of sp³-hybridized carbons (Fsp3) is 0.235. The van der Waals surface area contributed by atoms with Gasteiger partial charge in [-0.05, 0) is 23.3 Å². The van der Waals surface area contributed by atoms with Crippen LogP contribution in [-0.4, -0.2) is 19.6 Å². The average molecular weight is 299 g/mol. The van der Waals surface area contributed by atoms with Crippen LogP contribution < -0.4 is 20.9 Å². The van der Waals surface area contributed by atoms with Crippen molar-refractivity contribution in [3.05, 3.63) is 59.2 Å². The first-order valence-electron chi connectivity index (χ1n) is 7.07. The van der Waals surface area contributed by atoms with Crippen molar-refractivity contribution >= 4 is 5.84 Å². The van der Waals surface area contributed by atoms with Gasteiger partial charge in [-0.15, -0.1) is 0 Å². The quantitative estimate of drug-likeness (QED) is 0.539. The molecule has 0 bridgehead atoms. The lowest BCUT2D eigenvalue weighted by atomic mass is 10.1. The Bertz CT molecular complexity index is 639. The van der Waals surface area contributed by atoms with Crippen LogP contribution in [0.4, 0.5) is 0 Å². The molecule has 0 heterocycles. The number of methoxy groups -OCH3 is 1. The number of rotatable bonds is 7. The molecule has 22 heavy (non-hydrogen) atoms. The highest BCUT2D eigenvalue weighted by molar-refractivity contribution is 5.94. The van der Waals surface area contributed by atoms with Gasteiger partial charge in [0.25, 0.3) is 0 Å². The molecule has 0 aliphatic carbocycles. The predicted molar refractivity (Wildman–Crippen MR) is 87.5 cm³/mol. The lowest BCUT2D eigenvalue weighted by Crippen LogP contribution is -2.11. The van der Waals surface area contributed by atoms with Crippen LogP contribution >= 0.6 is 0 Å². The second-order valence-electron chi connectivity index (χ2n) is 4.90. The van der Waals surface area contributed by atoms with Crippen molar-refractivity contribution in [3.8, 4) is 11.5 Å². The summed E-state index contributed by atoms with van der Waals surface area (Å²) in [5, 5.41) is 7.36. The minimum atomic E-state index is 0.0764. The molecule has 5 N–H and O–H groups in total. The summed E-state index contributed by atoms with van der Waals surface area (Å²) < 4.78 is 11.1. The number of nitrogens with one attached hydrogen (secondary N) is 1. The van der Waals surface area contributed by atoms with E-state index < -0.39 is 0 Å². The summed E-state index contributed by atoms with van der Waals surface area (Å²) in [6, 6.07) is 13.3. The first-order chi connectivity index (χ1) is 10.6. The van der Waals surface area contributed by atoms with Crippen molar-refractivity contribution in [2.75, 3.05) is 13.7 Å². The molecule has 0 saturated carbocycles. The molecule has 0 amide bonds. The molecule has 0 unspecified atom stereocenters. The van der Waals surface area contributed by atoms with E-state index in [4.69, 9.17) is 26.4 Å². The SMILES string of the molecule is COc1cc(CN)ccc1OCCc1ccc(C(=N)N)cc1. The van der Waals surface area contributed by atoms with E-state index in [-0.39, 0.29) is 5.84 Å². The summed E-state index contributed by atoms with van der Waals surface area (Å²) in [6.07, 6.45) is 0.764. The maximum Gasteiger partial charge on any atom is 0.161 e. The predicted octanol–water partition coefficient (Wildman–Crippen LogP) is 2.06. The summed E-state index contributed by atoms with van der Waals surface area (Å²) in [6.45, 7) is 1.01. The zero-order chi connectivity index (χ0) is 15.9. The minimum absolute atomic E-state index is 0.0764. The van der Waals surface area contributed by atoms with Crippen LogP contribution in [0.1, 0.15) is 16.7 Å². The Morgan fingerprint density at radius 3 is 2.32 bits per heavy atom. The number of amidine groups is 1. The summed E-state index contributed by atoms with van der Waals surface area (Å²) in [7, 11) is 1.61. The van der Waals surface area contributed by atoms with E-state index >= 15 is 0 Å². The van der Waals surface area contributed by atoms with Gasteiger partial charge in [0.2, 0.25) is 0 Å². The summed E-state index contributed by atoms with van der Waals surface area (Å²) >= 11 is 0. The van der Waals surface area contributed by atoms with Crippen LogP contribution in [0.2, 0.25) is 0 Å². The van der Waals surface area contributed by atoms with Crippen molar-refractivity contribution in [1.82, 2.24) is 0 Å². The third-order valence-electron chi connectivity index (χ3n) is 3.38. The Morgan fingerprint density at radius 1 is 1.05 bits per heavy atom. The highest BCUT2D eigenvalue weighted by Crippen LogP contribution is 2.28. The van der Waals surface area contributed by atoms with Crippen LogP contribution in [0, 0.1) is 5.41 Å². The first-order valence-corrected chi connectivity index (χ1v) is 7.07. The number of hydrogen-bond donors (Lipinski definition) is 3. The van der Waals surface area contributed by atoms with E-state index in [9.17, 15) is 0 Å². The Morgan fingerprint density at radius 2 is 1.73 bits per heavy atom. The van der Waals surface area contributed by atoms with Gasteiger partial charge in [0.05, 0.1) is 13.7 Å². The molecular formula is C17H21N3O2. The fourth-order valence-corrected chi connectivity index (χ4v) is 2.09. The molecule has 0 aliphatic heterocycles.